The van der Waals surface area contributed by atoms with Gasteiger partial charge >= 0.3 is 0 Å². The van der Waals surface area contributed by atoms with Crippen LogP contribution in [-0.2, 0) is 6.61 Å². The van der Waals surface area contributed by atoms with Crippen molar-refractivity contribution in [3.05, 3.63) is 60.0 Å². The fourth-order valence-electron chi connectivity index (χ4n) is 2.07. The van der Waals surface area contributed by atoms with Gasteiger partial charge in [-0.1, -0.05) is 18.2 Å². The maximum absolute atomic E-state index is 13.0. The summed E-state index contributed by atoms with van der Waals surface area (Å²) in [6.07, 6.45) is 1.86. The summed E-state index contributed by atoms with van der Waals surface area (Å²) in [4.78, 5) is 3.13. The summed E-state index contributed by atoms with van der Waals surface area (Å²) in [6.45, 7) is 0.368. The van der Waals surface area contributed by atoms with E-state index in [9.17, 15) is 4.39 Å². The van der Waals surface area contributed by atoms with Crippen molar-refractivity contribution < 1.29 is 9.13 Å². The Labute approximate surface area is 109 Å². The third-order valence-electron chi connectivity index (χ3n) is 3.02. The van der Waals surface area contributed by atoms with Crippen molar-refractivity contribution in [1.29, 1.82) is 0 Å². The number of nitrogens with two attached hydrogens (primary N) is 1. The Bertz CT molecular complexity index is 721. The van der Waals surface area contributed by atoms with Crippen molar-refractivity contribution in [2.45, 2.75) is 6.61 Å². The highest BCUT2D eigenvalue weighted by molar-refractivity contribution is 5.92. The number of aromatic nitrogens is 1. The van der Waals surface area contributed by atoms with Crippen LogP contribution in [0, 0.1) is 5.82 Å². The number of halogens is 1. The molecule has 0 aliphatic carbocycles. The number of fused-ring (bicyclic) bond motifs is 1. The fraction of sp³-hybridized carbons (Fsp3) is 0.0667. The molecule has 0 bridgehead atoms. The van der Waals surface area contributed by atoms with Gasteiger partial charge in [0.2, 0.25) is 0 Å². The normalized spacial score (nSPS) is 10.8. The van der Waals surface area contributed by atoms with Crippen LogP contribution in [0.1, 0.15) is 5.56 Å². The molecule has 0 atom stereocenters. The molecule has 3 aromatic rings. The number of nitrogens with one attached hydrogen (secondary N) is 1. The summed E-state index contributed by atoms with van der Waals surface area (Å²) >= 11 is 0. The lowest BCUT2D eigenvalue weighted by atomic mass is 10.1. The van der Waals surface area contributed by atoms with Gasteiger partial charge in [0.15, 0.2) is 0 Å². The molecule has 3 rings (SSSR count). The highest BCUT2D eigenvalue weighted by Crippen LogP contribution is 2.24. The van der Waals surface area contributed by atoms with E-state index < -0.39 is 0 Å². The molecule has 0 amide bonds. The number of H-pyrrole nitrogens is 1. The van der Waals surface area contributed by atoms with E-state index in [1.807, 2.05) is 24.4 Å². The number of hydrogen-bond acceptors (Lipinski definition) is 2. The standard InChI is InChI=1S/C15H13FN2O/c16-11-3-1-4-12(7-11)19-9-10-8-18-15-13(10)5-2-6-14(15)17/h1-8,18H,9,17H2. The zero-order valence-electron chi connectivity index (χ0n) is 10.2. The minimum atomic E-state index is -0.305. The van der Waals surface area contributed by atoms with E-state index in [-0.39, 0.29) is 5.82 Å². The van der Waals surface area contributed by atoms with Gasteiger partial charge in [-0.15, -0.1) is 0 Å². The third-order valence-corrected chi connectivity index (χ3v) is 3.02. The number of hydrogen-bond donors (Lipinski definition) is 2. The fourth-order valence-corrected chi connectivity index (χ4v) is 2.07. The van der Waals surface area contributed by atoms with Gasteiger partial charge in [0.1, 0.15) is 18.2 Å². The molecule has 0 aliphatic heterocycles. The van der Waals surface area contributed by atoms with Crippen LogP contribution in [0.25, 0.3) is 10.9 Å². The largest absolute Gasteiger partial charge is 0.489 e. The van der Waals surface area contributed by atoms with Gasteiger partial charge in [0, 0.05) is 23.2 Å². The first kappa shape index (κ1) is 11.6. The van der Waals surface area contributed by atoms with Crippen molar-refractivity contribution in [3.63, 3.8) is 0 Å². The van der Waals surface area contributed by atoms with Gasteiger partial charge in [-0.25, -0.2) is 4.39 Å². The number of benzene rings is 2. The van der Waals surface area contributed by atoms with E-state index >= 15 is 0 Å². The quantitative estimate of drug-likeness (QED) is 0.705. The van der Waals surface area contributed by atoms with Crippen LogP contribution in [0.15, 0.2) is 48.7 Å². The first-order valence-electron chi connectivity index (χ1n) is 5.97. The molecule has 96 valence electrons. The van der Waals surface area contributed by atoms with E-state index in [1.54, 1.807) is 12.1 Å². The molecule has 3 nitrogen and oxygen atoms in total. The van der Waals surface area contributed by atoms with Crippen LogP contribution >= 0.6 is 0 Å². The summed E-state index contributed by atoms with van der Waals surface area (Å²) in [6, 6.07) is 11.8. The number of rotatable bonds is 3. The summed E-state index contributed by atoms with van der Waals surface area (Å²) in [5.41, 5.74) is 8.47. The van der Waals surface area contributed by atoms with Gasteiger partial charge in [-0.05, 0) is 18.2 Å². The predicted octanol–water partition coefficient (Wildman–Crippen LogP) is 3.47. The molecular formula is C15H13FN2O. The molecule has 2 aromatic carbocycles. The zero-order chi connectivity index (χ0) is 13.2. The van der Waals surface area contributed by atoms with Crippen LogP contribution in [0.2, 0.25) is 0 Å². The average Bonchev–Trinajstić information content (AvgIpc) is 2.81. The molecule has 0 fully saturated rings. The molecule has 0 saturated heterocycles. The Morgan fingerprint density at radius 3 is 2.84 bits per heavy atom. The number of anilines is 1. The summed E-state index contributed by atoms with van der Waals surface area (Å²) in [5.74, 6) is 0.207. The molecule has 1 aromatic heterocycles. The Morgan fingerprint density at radius 2 is 2.00 bits per heavy atom. The second kappa shape index (κ2) is 4.65. The molecule has 0 radical (unpaired) electrons. The average molecular weight is 256 g/mol. The molecular weight excluding hydrogens is 243 g/mol. The molecule has 19 heavy (non-hydrogen) atoms. The van der Waals surface area contributed by atoms with Crippen molar-refractivity contribution in [2.75, 3.05) is 5.73 Å². The second-order valence-corrected chi connectivity index (χ2v) is 4.33. The van der Waals surface area contributed by atoms with E-state index in [0.717, 1.165) is 16.5 Å². The molecule has 0 saturated carbocycles. The minimum absolute atomic E-state index is 0.305. The number of aromatic amines is 1. The molecule has 0 aliphatic rings. The monoisotopic (exact) mass is 256 g/mol. The van der Waals surface area contributed by atoms with Crippen molar-refractivity contribution in [2.24, 2.45) is 0 Å². The number of nitrogen functional groups attached to an aromatic ring is 1. The maximum Gasteiger partial charge on any atom is 0.126 e. The first-order valence-corrected chi connectivity index (χ1v) is 5.97. The van der Waals surface area contributed by atoms with Gasteiger partial charge in [0.05, 0.1) is 11.2 Å². The second-order valence-electron chi connectivity index (χ2n) is 4.33. The van der Waals surface area contributed by atoms with Gasteiger partial charge in [-0.3, -0.25) is 0 Å². The van der Waals surface area contributed by atoms with Crippen LogP contribution in [-0.4, -0.2) is 4.98 Å². The Kier molecular flexibility index (Phi) is 2.83. The lowest BCUT2D eigenvalue weighted by Gasteiger charge is -2.05. The topological polar surface area (TPSA) is 51.0 Å². The van der Waals surface area contributed by atoms with Crippen LogP contribution in [0.5, 0.6) is 5.75 Å². The lowest BCUT2D eigenvalue weighted by molar-refractivity contribution is 0.306. The van der Waals surface area contributed by atoms with Crippen LogP contribution in [0.3, 0.4) is 0 Å². The van der Waals surface area contributed by atoms with Gasteiger partial charge in [0.25, 0.3) is 0 Å². The highest BCUT2D eigenvalue weighted by Gasteiger charge is 2.06. The van der Waals surface area contributed by atoms with E-state index in [1.165, 1.54) is 12.1 Å². The Balaban J connectivity index is 1.84. The van der Waals surface area contributed by atoms with E-state index in [0.29, 0.717) is 18.0 Å². The molecule has 4 heteroatoms. The number of para-hydroxylation sites is 1. The summed E-state index contributed by atoms with van der Waals surface area (Å²) in [7, 11) is 0. The van der Waals surface area contributed by atoms with E-state index in [2.05, 4.69) is 4.98 Å². The smallest absolute Gasteiger partial charge is 0.126 e. The molecule has 0 spiro atoms. The van der Waals surface area contributed by atoms with Gasteiger partial charge < -0.3 is 15.5 Å². The van der Waals surface area contributed by atoms with Crippen molar-refractivity contribution in [3.8, 4) is 5.75 Å². The molecule has 1 heterocycles. The molecule has 0 unspecified atom stereocenters. The zero-order valence-corrected chi connectivity index (χ0v) is 10.2. The van der Waals surface area contributed by atoms with E-state index in [4.69, 9.17) is 10.5 Å². The van der Waals surface area contributed by atoms with Crippen LogP contribution < -0.4 is 10.5 Å². The SMILES string of the molecule is Nc1cccc2c(COc3cccc(F)c3)c[nH]c12. The predicted molar refractivity (Wildman–Crippen MR) is 73.4 cm³/mol. The summed E-state index contributed by atoms with van der Waals surface area (Å²) in [5, 5.41) is 1.02. The first-order chi connectivity index (χ1) is 9.24. The van der Waals surface area contributed by atoms with Crippen LogP contribution in [0.4, 0.5) is 10.1 Å². The maximum atomic E-state index is 13.0. The minimum Gasteiger partial charge on any atom is -0.489 e. The van der Waals surface area contributed by atoms with Crippen molar-refractivity contribution in [1.82, 2.24) is 4.98 Å². The molecule has 3 N–H and O–H groups in total. The lowest BCUT2D eigenvalue weighted by Crippen LogP contribution is -1.94. The Morgan fingerprint density at radius 1 is 1.16 bits per heavy atom. The third kappa shape index (κ3) is 2.25. The summed E-state index contributed by atoms with van der Waals surface area (Å²) < 4.78 is 18.6. The van der Waals surface area contributed by atoms with Crippen molar-refractivity contribution >= 4 is 16.6 Å². The Hall–Kier alpha value is -2.49. The highest BCUT2D eigenvalue weighted by atomic mass is 19.1. The van der Waals surface area contributed by atoms with Gasteiger partial charge in [-0.2, -0.15) is 0 Å². The number of ether oxygens (including phenoxy) is 1.